The van der Waals surface area contributed by atoms with Gasteiger partial charge in [-0.05, 0) is 41.5 Å². The summed E-state index contributed by atoms with van der Waals surface area (Å²) in [7, 11) is 0. The lowest BCUT2D eigenvalue weighted by Crippen LogP contribution is -2.53. The van der Waals surface area contributed by atoms with Gasteiger partial charge in [0.15, 0.2) is 0 Å². The first-order valence-electron chi connectivity index (χ1n) is 11.0. The third kappa shape index (κ3) is 4.74. The summed E-state index contributed by atoms with van der Waals surface area (Å²) in [6, 6.07) is 21.0. The van der Waals surface area contributed by atoms with Crippen LogP contribution >= 0.6 is 0 Å². The number of hydrogen-bond acceptors (Lipinski definition) is 2. The fourth-order valence-electron chi connectivity index (χ4n) is 4.56. The number of benzene rings is 2. The summed E-state index contributed by atoms with van der Waals surface area (Å²) >= 11 is 0. The van der Waals surface area contributed by atoms with Crippen LogP contribution in [0.4, 0.5) is 0 Å². The van der Waals surface area contributed by atoms with E-state index in [2.05, 4.69) is 72.5 Å². The lowest BCUT2D eigenvalue weighted by atomic mass is 9.89. The zero-order valence-corrected chi connectivity index (χ0v) is 17.1. The second-order valence-corrected chi connectivity index (χ2v) is 8.32. The summed E-state index contributed by atoms with van der Waals surface area (Å²) in [6.45, 7) is 4.94. The van der Waals surface area contributed by atoms with E-state index in [1.54, 1.807) is 0 Å². The minimum Gasteiger partial charge on any atom is -0.378 e. The maximum absolute atomic E-state index is 5.89. The highest BCUT2D eigenvalue weighted by Crippen LogP contribution is 2.33. The predicted molar refractivity (Wildman–Crippen MR) is 117 cm³/mol. The molecule has 2 aliphatic rings. The lowest BCUT2D eigenvalue weighted by molar-refractivity contribution is -0.0402. The van der Waals surface area contributed by atoms with Gasteiger partial charge in [0, 0.05) is 12.6 Å². The SMILES string of the molecule is CCCCCCc1ccc(C2=CC3COCC(C2)N3Cc2ccccc2)cc1. The van der Waals surface area contributed by atoms with Crippen LogP contribution in [0.3, 0.4) is 0 Å². The van der Waals surface area contributed by atoms with Gasteiger partial charge in [-0.2, -0.15) is 0 Å². The van der Waals surface area contributed by atoms with Gasteiger partial charge in [0.1, 0.15) is 0 Å². The van der Waals surface area contributed by atoms with Crippen LogP contribution in [0.5, 0.6) is 0 Å². The minimum atomic E-state index is 0.386. The predicted octanol–water partition coefficient (Wildman–Crippen LogP) is 5.87. The number of aryl methyl sites for hydroxylation is 1. The van der Waals surface area contributed by atoms with Gasteiger partial charge < -0.3 is 4.74 Å². The summed E-state index contributed by atoms with van der Waals surface area (Å²) < 4.78 is 5.89. The Morgan fingerprint density at radius 3 is 2.46 bits per heavy atom. The Bertz CT molecular complexity index is 765. The van der Waals surface area contributed by atoms with Gasteiger partial charge in [0.25, 0.3) is 0 Å². The number of rotatable bonds is 8. The van der Waals surface area contributed by atoms with Crippen LogP contribution in [-0.2, 0) is 17.7 Å². The van der Waals surface area contributed by atoms with Crippen LogP contribution in [0.25, 0.3) is 5.57 Å². The van der Waals surface area contributed by atoms with Crippen molar-refractivity contribution in [2.75, 3.05) is 13.2 Å². The summed E-state index contributed by atoms with van der Waals surface area (Å²) in [5, 5.41) is 0. The Morgan fingerprint density at radius 2 is 1.71 bits per heavy atom. The molecule has 2 nitrogen and oxygen atoms in total. The molecule has 2 heteroatoms. The van der Waals surface area contributed by atoms with Crippen molar-refractivity contribution in [3.63, 3.8) is 0 Å². The molecule has 0 saturated carbocycles. The van der Waals surface area contributed by atoms with Crippen LogP contribution in [0, 0.1) is 0 Å². The second-order valence-electron chi connectivity index (χ2n) is 8.32. The third-order valence-corrected chi connectivity index (χ3v) is 6.19. The van der Waals surface area contributed by atoms with E-state index in [0.29, 0.717) is 12.1 Å². The molecule has 2 aromatic carbocycles. The van der Waals surface area contributed by atoms with Crippen LogP contribution in [0.1, 0.15) is 55.7 Å². The van der Waals surface area contributed by atoms with Gasteiger partial charge in [-0.3, -0.25) is 4.90 Å². The molecule has 1 fully saturated rings. The van der Waals surface area contributed by atoms with Gasteiger partial charge in [0.2, 0.25) is 0 Å². The topological polar surface area (TPSA) is 12.5 Å². The van der Waals surface area contributed by atoms with E-state index in [-0.39, 0.29) is 0 Å². The van der Waals surface area contributed by atoms with E-state index in [4.69, 9.17) is 4.74 Å². The van der Waals surface area contributed by atoms with Crippen LogP contribution in [0.15, 0.2) is 60.7 Å². The Balaban J connectivity index is 1.43. The molecular weight excluding hydrogens is 342 g/mol. The van der Waals surface area contributed by atoms with Crippen molar-refractivity contribution in [2.24, 2.45) is 0 Å². The zero-order chi connectivity index (χ0) is 19.2. The number of fused-ring (bicyclic) bond motifs is 2. The van der Waals surface area contributed by atoms with Gasteiger partial charge in [-0.25, -0.2) is 0 Å². The molecule has 0 radical (unpaired) electrons. The summed E-state index contributed by atoms with van der Waals surface area (Å²) in [4.78, 5) is 2.63. The van der Waals surface area contributed by atoms with E-state index in [9.17, 15) is 0 Å². The van der Waals surface area contributed by atoms with Crippen LogP contribution in [0.2, 0.25) is 0 Å². The van der Waals surface area contributed by atoms with Crippen molar-refractivity contribution in [1.29, 1.82) is 0 Å². The molecule has 28 heavy (non-hydrogen) atoms. The summed E-state index contributed by atoms with van der Waals surface area (Å²) in [5.74, 6) is 0. The van der Waals surface area contributed by atoms with Gasteiger partial charge in [-0.1, -0.05) is 86.9 Å². The van der Waals surface area contributed by atoms with Gasteiger partial charge in [0.05, 0.1) is 19.3 Å². The molecule has 2 atom stereocenters. The number of nitrogens with zero attached hydrogens (tertiary/aromatic N) is 1. The van der Waals surface area contributed by atoms with Crippen molar-refractivity contribution in [3.8, 4) is 0 Å². The smallest absolute Gasteiger partial charge is 0.0658 e. The molecule has 2 heterocycles. The molecule has 1 saturated heterocycles. The second kappa shape index (κ2) is 9.54. The molecule has 2 aromatic rings. The number of ether oxygens (including phenoxy) is 1. The van der Waals surface area contributed by atoms with Crippen molar-refractivity contribution in [2.45, 2.75) is 64.1 Å². The quantitative estimate of drug-likeness (QED) is 0.535. The van der Waals surface area contributed by atoms with Crippen molar-refractivity contribution in [1.82, 2.24) is 4.90 Å². The lowest BCUT2D eigenvalue weighted by Gasteiger charge is -2.45. The van der Waals surface area contributed by atoms with E-state index in [0.717, 1.165) is 26.2 Å². The molecule has 0 aromatic heterocycles. The van der Waals surface area contributed by atoms with Crippen molar-refractivity contribution in [3.05, 3.63) is 77.4 Å². The standard InChI is InChI=1S/C26H33NO/c1-2-3-4-6-9-21-12-14-23(15-13-21)24-16-25-19-28-20-26(17-24)27(25)18-22-10-7-5-8-11-22/h5,7-8,10-16,25-26H,2-4,6,9,17-20H2,1H3. The molecule has 148 valence electrons. The number of morpholine rings is 1. The maximum atomic E-state index is 5.89. The Hall–Kier alpha value is -1.90. The third-order valence-electron chi connectivity index (χ3n) is 6.19. The first-order valence-corrected chi connectivity index (χ1v) is 11.0. The first-order chi connectivity index (χ1) is 13.8. The Labute approximate surface area is 170 Å². The van der Waals surface area contributed by atoms with E-state index < -0.39 is 0 Å². The van der Waals surface area contributed by atoms with Gasteiger partial charge in [-0.15, -0.1) is 0 Å². The normalized spacial score (nSPS) is 22.1. The monoisotopic (exact) mass is 375 g/mol. The Kier molecular flexibility index (Phi) is 6.61. The van der Waals surface area contributed by atoms with E-state index in [1.165, 1.54) is 54.4 Å². The molecule has 0 N–H and O–H groups in total. The highest BCUT2D eigenvalue weighted by molar-refractivity contribution is 5.68. The summed E-state index contributed by atoms with van der Waals surface area (Å²) in [6.07, 6.45) is 10.1. The fourth-order valence-corrected chi connectivity index (χ4v) is 4.56. The molecule has 2 unspecified atom stereocenters. The van der Waals surface area contributed by atoms with Crippen LogP contribution < -0.4 is 0 Å². The number of hydrogen-bond donors (Lipinski definition) is 0. The average Bonchev–Trinajstić information content (AvgIpc) is 2.72. The zero-order valence-electron chi connectivity index (χ0n) is 17.1. The summed E-state index contributed by atoms with van der Waals surface area (Å²) in [5.41, 5.74) is 5.77. The highest BCUT2D eigenvalue weighted by Gasteiger charge is 2.34. The van der Waals surface area contributed by atoms with Crippen molar-refractivity contribution < 1.29 is 4.74 Å². The maximum Gasteiger partial charge on any atom is 0.0658 e. The number of unbranched alkanes of at least 4 members (excludes halogenated alkanes) is 3. The van der Waals surface area contributed by atoms with E-state index in [1.807, 2.05) is 0 Å². The first kappa shape index (κ1) is 19.4. The highest BCUT2D eigenvalue weighted by atomic mass is 16.5. The molecule has 2 bridgehead atoms. The Morgan fingerprint density at radius 1 is 0.893 bits per heavy atom. The van der Waals surface area contributed by atoms with Gasteiger partial charge >= 0.3 is 0 Å². The fraction of sp³-hybridized carbons (Fsp3) is 0.462. The molecular formula is C26H33NO. The van der Waals surface area contributed by atoms with Crippen LogP contribution in [-0.4, -0.2) is 30.2 Å². The average molecular weight is 376 g/mol. The molecule has 4 rings (SSSR count). The van der Waals surface area contributed by atoms with Crippen molar-refractivity contribution >= 4 is 5.57 Å². The van der Waals surface area contributed by atoms with E-state index >= 15 is 0 Å². The largest absolute Gasteiger partial charge is 0.378 e. The molecule has 0 amide bonds. The molecule has 2 aliphatic heterocycles. The molecule has 0 aliphatic carbocycles. The minimum absolute atomic E-state index is 0.386. The molecule has 0 spiro atoms.